The minimum Gasteiger partial charge on any atom is -0.0811 e. The molecule has 0 aliphatic heterocycles. The maximum atomic E-state index is 2.75. The van der Waals surface area contributed by atoms with Crippen molar-refractivity contribution in [2.75, 3.05) is 0 Å². The predicted octanol–water partition coefficient (Wildman–Crippen LogP) is 7.46. The van der Waals surface area contributed by atoms with Gasteiger partial charge in [-0.3, -0.25) is 0 Å². The van der Waals surface area contributed by atoms with E-state index in [1.165, 1.54) is 64.2 Å². The van der Waals surface area contributed by atoms with Crippen molar-refractivity contribution in [1.82, 2.24) is 0 Å². The Kier molecular flexibility index (Phi) is 5.97. The average Bonchev–Trinajstić information content (AvgIpc) is 2.45. The number of hydrogen-bond donors (Lipinski definition) is 0. The molecule has 0 nitrogen and oxygen atoms in total. The Labute approximate surface area is 139 Å². The molecule has 2 aliphatic carbocycles. The van der Waals surface area contributed by atoms with Crippen molar-refractivity contribution >= 4 is 0 Å². The quantitative estimate of drug-likeness (QED) is 0.494. The summed E-state index contributed by atoms with van der Waals surface area (Å²) in [5, 5.41) is 0. The van der Waals surface area contributed by atoms with Gasteiger partial charge in [0.1, 0.15) is 0 Å². The summed E-state index contributed by atoms with van der Waals surface area (Å²) in [4.78, 5) is 0. The lowest BCUT2D eigenvalue weighted by molar-refractivity contribution is 0.175. The largest absolute Gasteiger partial charge is 0.0811 e. The van der Waals surface area contributed by atoms with Crippen molar-refractivity contribution in [3.05, 3.63) is 23.3 Å². The number of rotatable bonds is 5. The van der Waals surface area contributed by atoms with E-state index in [0.717, 1.165) is 5.92 Å². The first-order valence-corrected chi connectivity index (χ1v) is 9.71. The van der Waals surface area contributed by atoms with Crippen molar-refractivity contribution in [2.24, 2.45) is 16.7 Å². The van der Waals surface area contributed by atoms with Crippen LogP contribution in [0.2, 0.25) is 0 Å². The molecular weight excluding hydrogens is 264 g/mol. The molecule has 0 radical (unpaired) electrons. The Balaban J connectivity index is 2.23. The van der Waals surface area contributed by atoms with E-state index in [2.05, 4.69) is 46.8 Å². The number of hydrogen-bond acceptors (Lipinski definition) is 0. The molecule has 1 unspecified atom stereocenters. The molecule has 0 aromatic rings. The first kappa shape index (κ1) is 17.8. The molecule has 0 saturated heterocycles. The van der Waals surface area contributed by atoms with Crippen LogP contribution in [-0.4, -0.2) is 0 Å². The van der Waals surface area contributed by atoms with Gasteiger partial charge in [0.15, 0.2) is 0 Å². The van der Waals surface area contributed by atoms with E-state index in [9.17, 15) is 0 Å². The fraction of sp³-hybridized carbons (Fsp3) is 0.818. The highest BCUT2D eigenvalue weighted by atomic mass is 14.4. The molecule has 126 valence electrons. The van der Waals surface area contributed by atoms with E-state index >= 15 is 0 Å². The molecule has 0 saturated carbocycles. The lowest BCUT2D eigenvalue weighted by Crippen LogP contribution is -2.28. The minimum atomic E-state index is 0.427. The van der Waals surface area contributed by atoms with Gasteiger partial charge in [-0.1, -0.05) is 53.2 Å². The molecular formula is C22H38. The first-order valence-electron chi connectivity index (χ1n) is 9.71. The summed E-state index contributed by atoms with van der Waals surface area (Å²) in [6.45, 7) is 12.0. The molecule has 0 N–H and O–H groups in total. The lowest BCUT2D eigenvalue weighted by Gasteiger charge is -2.41. The normalized spacial score (nSPS) is 26.8. The van der Waals surface area contributed by atoms with Gasteiger partial charge in [0, 0.05) is 0 Å². The third-order valence-corrected chi connectivity index (χ3v) is 5.41. The molecule has 0 aromatic heterocycles. The van der Waals surface area contributed by atoms with Gasteiger partial charge in [-0.05, 0) is 85.7 Å². The highest BCUT2D eigenvalue weighted by molar-refractivity contribution is 5.35. The van der Waals surface area contributed by atoms with Gasteiger partial charge in [-0.2, -0.15) is 0 Å². The zero-order valence-electron chi connectivity index (χ0n) is 15.8. The second-order valence-electron chi connectivity index (χ2n) is 9.53. The van der Waals surface area contributed by atoms with Gasteiger partial charge in [-0.25, -0.2) is 0 Å². The third-order valence-electron chi connectivity index (χ3n) is 5.41. The molecule has 0 fully saturated rings. The van der Waals surface area contributed by atoms with Crippen molar-refractivity contribution < 1.29 is 0 Å². The molecule has 0 heteroatoms. The monoisotopic (exact) mass is 302 g/mol. The highest BCUT2D eigenvalue weighted by Crippen LogP contribution is 2.48. The van der Waals surface area contributed by atoms with Crippen LogP contribution in [0.5, 0.6) is 0 Å². The van der Waals surface area contributed by atoms with Crippen LogP contribution in [0.4, 0.5) is 0 Å². The van der Waals surface area contributed by atoms with Crippen LogP contribution < -0.4 is 0 Å². The Hall–Kier alpha value is -0.520. The van der Waals surface area contributed by atoms with Crippen molar-refractivity contribution in [3.8, 4) is 0 Å². The summed E-state index contributed by atoms with van der Waals surface area (Å²) in [5.41, 5.74) is 4.32. The zero-order chi connectivity index (χ0) is 16.2. The summed E-state index contributed by atoms with van der Waals surface area (Å²) in [6.07, 6.45) is 19.0. The van der Waals surface area contributed by atoms with Crippen LogP contribution in [0.3, 0.4) is 0 Å². The van der Waals surface area contributed by atoms with Gasteiger partial charge in [-0.15, -0.1) is 0 Å². The van der Waals surface area contributed by atoms with Crippen LogP contribution in [0.15, 0.2) is 23.3 Å². The first-order chi connectivity index (χ1) is 10.3. The fourth-order valence-corrected chi connectivity index (χ4v) is 4.59. The maximum Gasteiger partial charge on any atom is -0.0107 e. The summed E-state index contributed by atoms with van der Waals surface area (Å²) in [7, 11) is 0. The van der Waals surface area contributed by atoms with Crippen LogP contribution in [-0.2, 0) is 0 Å². The topological polar surface area (TPSA) is 0 Å². The summed E-state index contributed by atoms with van der Waals surface area (Å²) in [6, 6.07) is 0. The van der Waals surface area contributed by atoms with E-state index in [1.807, 2.05) is 0 Å². The van der Waals surface area contributed by atoms with Crippen LogP contribution in [0.1, 0.15) is 98.8 Å². The summed E-state index contributed by atoms with van der Waals surface area (Å²) >= 11 is 0. The standard InChI is InChI=1S/C22H38/c1-18(2)13-15-22(17-21(3,4)5)14-9-12-20(16-22)19-10-7-6-8-11-19/h10,16,18H,6-9,11-15,17H2,1-5H3. The minimum absolute atomic E-state index is 0.427. The van der Waals surface area contributed by atoms with Crippen LogP contribution in [0.25, 0.3) is 0 Å². The molecule has 0 amide bonds. The van der Waals surface area contributed by atoms with Crippen LogP contribution in [0, 0.1) is 16.7 Å². The molecule has 2 aliphatic rings. The molecule has 0 heterocycles. The second-order valence-corrected chi connectivity index (χ2v) is 9.53. The van der Waals surface area contributed by atoms with Crippen molar-refractivity contribution in [2.45, 2.75) is 98.8 Å². The average molecular weight is 303 g/mol. The SMILES string of the molecule is CC(C)CCC1(CC(C)(C)C)C=C(C2=CCCCC2)CCC1. The third kappa shape index (κ3) is 5.28. The van der Waals surface area contributed by atoms with Crippen LogP contribution >= 0.6 is 0 Å². The van der Waals surface area contributed by atoms with E-state index in [4.69, 9.17) is 0 Å². The Morgan fingerprint density at radius 2 is 1.77 bits per heavy atom. The Morgan fingerprint density at radius 3 is 2.36 bits per heavy atom. The summed E-state index contributed by atoms with van der Waals surface area (Å²) < 4.78 is 0. The second kappa shape index (κ2) is 7.37. The molecule has 1 atom stereocenters. The van der Waals surface area contributed by atoms with E-state index < -0.39 is 0 Å². The van der Waals surface area contributed by atoms with Crippen molar-refractivity contribution in [3.63, 3.8) is 0 Å². The smallest absolute Gasteiger partial charge is 0.0107 e. The van der Waals surface area contributed by atoms with E-state index in [-0.39, 0.29) is 0 Å². The predicted molar refractivity (Wildman–Crippen MR) is 99.1 cm³/mol. The van der Waals surface area contributed by atoms with Gasteiger partial charge in [0.2, 0.25) is 0 Å². The Morgan fingerprint density at radius 1 is 1.05 bits per heavy atom. The van der Waals surface area contributed by atoms with E-state index in [0.29, 0.717) is 10.8 Å². The molecule has 2 rings (SSSR count). The van der Waals surface area contributed by atoms with Gasteiger partial charge in [0.25, 0.3) is 0 Å². The fourth-order valence-electron chi connectivity index (χ4n) is 4.59. The zero-order valence-corrected chi connectivity index (χ0v) is 15.8. The van der Waals surface area contributed by atoms with Gasteiger partial charge < -0.3 is 0 Å². The summed E-state index contributed by atoms with van der Waals surface area (Å²) in [5.74, 6) is 0.824. The van der Waals surface area contributed by atoms with Gasteiger partial charge in [0.05, 0.1) is 0 Å². The van der Waals surface area contributed by atoms with E-state index in [1.54, 1.807) is 11.1 Å². The van der Waals surface area contributed by atoms with Crippen molar-refractivity contribution in [1.29, 1.82) is 0 Å². The molecule has 0 aromatic carbocycles. The number of allylic oxidation sites excluding steroid dienone is 4. The highest BCUT2D eigenvalue weighted by Gasteiger charge is 2.35. The molecule has 0 bridgehead atoms. The lowest BCUT2D eigenvalue weighted by atomic mass is 9.64. The van der Waals surface area contributed by atoms with Gasteiger partial charge >= 0.3 is 0 Å². The maximum absolute atomic E-state index is 2.75. The Bertz CT molecular complexity index is 416. The molecule has 0 spiro atoms. The molecule has 22 heavy (non-hydrogen) atoms.